The van der Waals surface area contributed by atoms with Crippen LogP contribution in [0, 0.1) is 0 Å². The molecule has 4 heteroatoms. The Balaban J connectivity index is 2.76. The van der Waals surface area contributed by atoms with Gasteiger partial charge in [0.15, 0.2) is 0 Å². The summed E-state index contributed by atoms with van der Waals surface area (Å²) in [5.74, 6) is 0. The zero-order valence-electron chi connectivity index (χ0n) is 12.5. The van der Waals surface area contributed by atoms with Crippen molar-refractivity contribution in [1.82, 2.24) is 7.77 Å². The van der Waals surface area contributed by atoms with E-state index in [1.54, 1.807) is 0 Å². The van der Waals surface area contributed by atoms with Crippen LogP contribution < -0.4 is 0 Å². The average Bonchev–Trinajstić information content (AvgIpc) is 2.25. The van der Waals surface area contributed by atoms with Crippen molar-refractivity contribution in [2.75, 3.05) is 26.3 Å². The molecular formula is C13H29AlN2O. The average molecular weight is 256 g/mol. The van der Waals surface area contributed by atoms with Crippen molar-refractivity contribution in [1.29, 1.82) is 0 Å². The molecule has 1 saturated heterocycles. The van der Waals surface area contributed by atoms with Gasteiger partial charge in [-0.1, -0.05) is 0 Å². The second-order valence-electron chi connectivity index (χ2n) is 6.98. The van der Waals surface area contributed by atoms with Gasteiger partial charge in [0, 0.05) is 13.2 Å². The Kier molecular flexibility index (Phi) is 5.49. The SMILES string of the molecule is CC(C)(C)[N]1CCCOCC[N](C(C)(C)C)[AlH]1. The molecule has 17 heavy (non-hydrogen) atoms. The van der Waals surface area contributed by atoms with E-state index in [9.17, 15) is 0 Å². The number of rotatable bonds is 0. The Labute approximate surface area is 114 Å². The summed E-state index contributed by atoms with van der Waals surface area (Å²) in [6.45, 7) is 18.0. The molecule has 0 spiro atoms. The van der Waals surface area contributed by atoms with Gasteiger partial charge in [0.2, 0.25) is 0 Å². The fraction of sp³-hybridized carbons (Fsp3) is 1.00. The largest absolute Gasteiger partial charge is 0.464 e. The molecule has 1 rings (SSSR count). The Morgan fingerprint density at radius 2 is 1.35 bits per heavy atom. The molecule has 0 bridgehead atoms. The predicted molar refractivity (Wildman–Crippen MR) is 75.5 cm³/mol. The van der Waals surface area contributed by atoms with Crippen LogP contribution in [0.5, 0.6) is 0 Å². The maximum absolute atomic E-state index is 5.69. The van der Waals surface area contributed by atoms with Crippen LogP contribution >= 0.6 is 0 Å². The van der Waals surface area contributed by atoms with Crippen LogP contribution in [0.3, 0.4) is 0 Å². The highest BCUT2D eigenvalue weighted by Gasteiger charge is 2.31. The Morgan fingerprint density at radius 3 is 1.88 bits per heavy atom. The van der Waals surface area contributed by atoms with E-state index in [1.807, 2.05) is 0 Å². The van der Waals surface area contributed by atoms with E-state index in [0.29, 0.717) is 5.54 Å². The first-order chi connectivity index (χ1) is 7.71. The summed E-state index contributed by atoms with van der Waals surface area (Å²) in [5, 5.41) is 0. The molecule has 3 nitrogen and oxygen atoms in total. The van der Waals surface area contributed by atoms with E-state index in [4.69, 9.17) is 4.74 Å². The lowest BCUT2D eigenvalue weighted by atomic mass is 10.1. The van der Waals surface area contributed by atoms with Crippen molar-refractivity contribution >= 4 is 15.7 Å². The minimum atomic E-state index is -0.364. The monoisotopic (exact) mass is 256 g/mol. The molecular weight excluding hydrogens is 227 g/mol. The highest BCUT2D eigenvalue weighted by molar-refractivity contribution is 6.29. The molecule has 0 aromatic rings. The number of hydrogen-bond acceptors (Lipinski definition) is 3. The first-order valence-electron chi connectivity index (χ1n) is 6.79. The lowest BCUT2D eigenvalue weighted by molar-refractivity contribution is 0.108. The standard InChI is InChI=1S/C13H28N2O.Al.H/c1-12(2,3)14-8-7-10-16-11-9-15-13(4,5)6;;/h7-11H2,1-6H3;;/q-2;+2;. The first kappa shape index (κ1) is 15.5. The molecule has 1 aliphatic rings. The van der Waals surface area contributed by atoms with Crippen molar-refractivity contribution in [3.8, 4) is 0 Å². The number of hydrogen-bond donors (Lipinski definition) is 0. The van der Waals surface area contributed by atoms with Crippen molar-refractivity contribution in [3.63, 3.8) is 0 Å². The lowest BCUT2D eigenvalue weighted by Crippen LogP contribution is -2.56. The first-order valence-corrected chi connectivity index (χ1v) is 8.05. The van der Waals surface area contributed by atoms with E-state index >= 15 is 0 Å². The molecule has 0 aromatic carbocycles. The zero-order chi connectivity index (χ0) is 13.1. The van der Waals surface area contributed by atoms with Gasteiger partial charge < -0.3 is 12.5 Å². The van der Waals surface area contributed by atoms with Gasteiger partial charge in [0.1, 0.15) is 0 Å². The Hall–Kier alpha value is 0.412. The van der Waals surface area contributed by atoms with Crippen LogP contribution in [-0.2, 0) is 4.74 Å². The lowest BCUT2D eigenvalue weighted by Gasteiger charge is -2.43. The molecule has 0 aromatic heterocycles. The third kappa shape index (κ3) is 5.28. The van der Waals surface area contributed by atoms with E-state index < -0.39 is 0 Å². The second kappa shape index (κ2) is 6.04. The highest BCUT2D eigenvalue weighted by Crippen LogP contribution is 2.18. The summed E-state index contributed by atoms with van der Waals surface area (Å²) in [6, 6.07) is 0. The quantitative estimate of drug-likeness (QED) is 0.615. The van der Waals surface area contributed by atoms with E-state index in [-0.39, 0.29) is 21.2 Å². The van der Waals surface area contributed by atoms with Crippen LogP contribution in [0.25, 0.3) is 0 Å². The van der Waals surface area contributed by atoms with Crippen molar-refractivity contribution in [3.05, 3.63) is 0 Å². The van der Waals surface area contributed by atoms with Crippen LogP contribution in [0.4, 0.5) is 0 Å². The summed E-state index contributed by atoms with van der Waals surface area (Å²) < 4.78 is 11.1. The maximum Gasteiger partial charge on any atom is 0.464 e. The Bertz CT molecular complexity index is 209. The fourth-order valence-corrected chi connectivity index (χ4v) is 3.97. The van der Waals surface area contributed by atoms with Gasteiger partial charge in [0.25, 0.3) is 0 Å². The molecule has 0 amide bonds. The molecule has 1 fully saturated rings. The van der Waals surface area contributed by atoms with Crippen LogP contribution in [0.2, 0.25) is 0 Å². The van der Waals surface area contributed by atoms with E-state index in [1.165, 1.54) is 13.0 Å². The predicted octanol–water partition coefficient (Wildman–Crippen LogP) is 1.87. The van der Waals surface area contributed by atoms with E-state index in [2.05, 4.69) is 49.3 Å². The molecule has 0 saturated carbocycles. The summed E-state index contributed by atoms with van der Waals surface area (Å²) >= 11 is -0.364. The van der Waals surface area contributed by atoms with Crippen molar-refractivity contribution in [2.24, 2.45) is 0 Å². The van der Waals surface area contributed by atoms with Gasteiger partial charge in [-0.3, -0.25) is 0 Å². The zero-order valence-corrected chi connectivity index (χ0v) is 14.0. The van der Waals surface area contributed by atoms with Gasteiger partial charge >= 0.3 is 15.7 Å². The van der Waals surface area contributed by atoms with Crippen LogP contribution in [0.1, 0.15) is 48.0 Å². The molecule has 0 radical (unpaired) electrons. The minimum absolute atomic E-state index is 0.267. The van der Waals surface area contributed by atoms with Crippen LogP contribution in [-0.4, -0.2) is 60.8 Å². The van der Waals surface area contributed by atoms with Gasteiger partial charge in [-0.2, -0.15) is 0 Å². The molecule has 0 N–H and O–H groups in total. The fourth-order valence-electron chi connectivity index (χ4n) is 2.08. The van der Waals surface area contributed by atoms with Gasteiger partial charge in [-0.25, -0.2) is 0 Å². The van der Waals surface area contributed by atoms with Crippen molar-refractivity contribution < 1.29 is 4.74 Å². The summed E-state index contributed by atoms with van der Waals surface area (Å²) in [6.07, 6.45) is 1.17. The van der Waals surface area contributed by atoms with Gasteiger partial charge in [0.05, 0.1) is 6.61 Å². The Morgan fingerprint density at radius 1 is 0.824 bits per heavy atom. The third-order valence-electron chi connectivity index (χ3n) is 3.46. The summed E-state index contributed by atoms with van der Waals surface area (Å²) in [4.78, 5) is 0. The van der Waals surface area contributed by atoms with E-state index in [0.717, 1.165) is 19.8 Å². The summed E-state index contributed by atoms with van der Waals surface area (Å²) in [5.41, 5.74) is 0.559. The second-order valence-corrected chi connectivity index (χ2v) is 8.79. The normalized spacial score (nSPS) is 22.5. The third-order valence-corrected chi connectivity index (χ3v) is 6.67. The molecule has 1 aliphatic heterocycles. The maximum atomic E-state index is 5.69. The van der Waals surface area contributed by atoms with Gasteiger partial charge in [-0.05, 0) is 65.6 Å². The number of ether oxygens (including phenoxy) is 1. The minimum Gasteiger partial charge on any atom is -0.380 e. The topological polar surface area (TPSA) is 15.7 Å². The number of nitrogens with zero attached hydrogens (tertiary/aromatic N) is 2. The molecule has 100 valence electrons. The van der Waals surface area contributed by atoms with Crippen LogP contribution in [0.15, 0.2) is 0 Å². The van der Waals surface area contributed by atoms with Crippen molar-refractivity contribution in [2.45, 2.75) is 59.0 Å². The molecule has 0 atom stereocenters. The summed E-state index contributed by atoms with van der Waals surface area (Å²) in [7, 11) is 0. The molecule has 0 aliphatic carbocycles. The molecule has 0 unspecified atom stereocenters. The van der Waals surface area contributed by atoms with Gasteiger partial charge in [-0.15, -0.1) is 0 Å². The smallest absolute Gasteiger partial charge is 0.380 e. The molecule has 1 heterocycles. The highest BCUT2D eigenvalue weighted by atomic mass is 27.1.